The molecule has 1 unspecified atom stereocenters. The van der Waals surface area contributed by atoms with Crippen LogP contribution in [0.25, 0.3) is 0 Å². The molecular weight excluding hydrogens is 262 g/mol. The third kappa shape index (κ3) is 3.23. The maximum absolute atomic E-state index is 10.9. The summed E-state index contributed by atoms with van der Waals surface area (Å²) in [5.41, 5.74) is 2.70. The number of thiophene rings is 1. The molecule has 1 aromatic carbocycles. The maximum Gasteiger partial charge on any atom is 0.273 e. The molecule has 6 heteroatoms. The van der Waals surface area contributed by atoms with E-state index in [1.807, 2.05) is 24.4 Å². The van der Waals surface area contributed by atoms with Gasteiger partial charge in [-0.15, -0.1) is 0 Å². The van der Waals surface area contributed by atoms with E-state index in [9.17, 15) is 10.1 Å². The summed E-state index contributed by atoms with van der Waals surface area (Å²) < 4.78 is 0. The Kier molecular flexibility index (Phi) is 4.01. The zero-order chi connectivity index (χ0) is 13.8. The van der Waals surface area contributed by atoms with Gasteiger partial charge in [0.05, 0.1) is 4.92 Å². The van der Waals surface area contributed by atoms with Crippen molar-refractivity contribution in [2.45, 2.75) is 13.0 Å². The molecule has 0 saturated carbocycles. The minimum Gasteiger partial charge on any atom is -0.388 e. The lowest BCUT2D eigenvalue weighted by atomic mass is 10.1. The Morgan fingerprint density at radius 1 is 1.32 bits per heavy atom. The van der Waals surface area contributed by atoms with Gasteiger partial charge in [0.1, 0.15) is 0 Å². The van der Waals surface area contributed by atoms with E-state index in [0.717, 1.165) is 5.69 Å². The van der Waals surface area contributed by atoms with E-state index in [4.69, 9.17) is 0 Å². The van der Waals surface area contributed by atoms with Crippen LogP contribution >= 0.6 is 11.3 Å². The van der Waals surface area contributed by atoms with Gasteiger partial charge in [-0.3, -0.25) is 10.1 Å². The van der Waals surface area contributed by atoms with Gasteiger partial charge in [-0.1, -0.05) is 0 Å². The van der Waals surface area contributed by atoms with Crippen LogP contribution in [0.5, 0.6) is 0 Å². The van der Waals surface area contributed by atoms with Gasteiger partial charge >= 0.3 is 0 Å². The lowest BCUT2D eigenvalue weighted by Gasteiger charge is -2.15. The van der Waals surface area contributed by atoms with Crippen LogP contribution in [-0.4, -0.2) is 12.0 Å². The van der Waals surface area contributed by atoms with E-state index >= 15 is 0 Å². The second kappa shape index (κ2) is 5.71. The Balaban J connectivity index is 2.24. The molecule has 2 N–H and O–H groups in total. The Labute approximate surface area is 115 Å². The number of nitro groups is 1. The fourth-order valence-corrected chi connectivity index (χ4v) is 2.55. The maximum atomic E-state index is 10.9. The van der Waals surface area contributed by atoms with Crippen LogP contribution < -0.4 is 10.6 Å². The highest BCUT2D eigenvalue weighted by Gasteiger charge is 2.11. The van der Waals surface area contributed by atoms with Crippen molar-refractivity contribution in [3.8, 4) is 0 Å². The zero-order valence-corrected chi connectivity index (χ0v) is 11.5. The Morgan fingerprint density at radius 2 is 2.05 bits per heavy atom. The van der Waals surface area contributed by atoms with Crippen LogP contribution in [0.2, 0.25) is 0 Å². The number of anilines is 2. The first-order valence-corrected chi connectivity index (χ1v) is 6.80. The summed E-state index contributed by atoms with van der Waals surface area (Å²) in [5, 5.41) is 21.2. The van der Waals surface area contributed by atoms with Crippen molar-refractivity contribution < 1.29 is 4.92 Å². The van der Waals surface area contributed by atoms with Crippen molar-refractivity contribution in [3.63, 3.8) is 0 Å². The number of hydrogen-bond donors (Lipinski definition) is 2. The van der Waals surface area contributed by atoms with Crippen LogP contribution in [0, 0.1) is 10.1 Å². The summed E-state index contributed by atoms with van der Waals surface area (Å²) in [6.45, 7) is 2.03. The molecule has 0 aliphatic rings. The molecule has 0 radical (unpaired) electrons. The molecule has 0 aliphatic heterocycles. The molecule has 0 aliphatic carbocycles. The summed E-state index contributed by atoms with van der Waals surface area (Å²) >= 11 is 1.63. The van der Waals surface area contributed by atoms with Crippen molar-refractivity contribution in [3.05, 3.63) is 50.7 Å². The van der Waals surface area contributed by atoms with Crippen LogP contribution in [0.4, 0.5) is 17.1 Å². The first-order chi connectivity index (χ1) is 9.10. The van der Waals surface area contributed by atoms with Gasteiger partial charge < -0.3 is 10.6 Å². The van der Waals surface area contributed by atoms with Crippen LogP contribution in [-0.2, 0) is 0 Å². The minimum atomic E-state index is -0.388. The van der Waals surface area contributed by atoms with Gasteiger partial charge in [-0.05, 0) is 35.4 Å². The SMILES string of the molecule is CNc1cc(NC(C)c2ccsc2)cc([N+](=O)[O-])c1. The number of rotatable bonds is 5. The second-order valence-corrected chi connectivity index (χ2v) is 4.98. The highest BCUT2D eigenvalue weighted by molar-refractivity contribution is 7.07. The zero-order valence-electron chi connectivity index (χ0n) is 10.7. The molecule has 1 atom stereocenters. The van der Waals surface area contributed by atoms with Gasteiger partial charge in [-0.25, -0.2) is 0 Å². The topological polar surface area (TPSA) is 67.2 Å². The second-order valence-electron chi connectivity index (χ2n) is 4.20. The number of nitrogens with zero attached hydrogens (tertiary/aromatic N) is 1. The van der Waals surface area contributed by atoms with Crippen molar-refractivity contribution in [1.29, 1.82) is 0 Å². The van der Waals surface area contributed by atoms with E-state index in [2.05, 4.69) is 16.0 Å². The fourth-order valence-electron chi connectivity index (χ4n) is 1.80. The number of nitro benzene ring substituents is 1. The lowest BCUT2D eigenvalue weighted by molar-refractivity contribution is -0.384. The Bertz CT molecular complexity index is 569. The first-order valence-electron chi connectivity index (χ1n) is 5.86. The monoisotopic (exact) mass is 277 g/mol. The molecule has 0 spiro atoms. The molecule has 0 amide bonds. The Morgan fingerprint density at radius 3 is 2.63 bits per heavy atom. The summed E-state index contributed by atoms with van der Waals surface area (Å²) in [7, 11) is 1.74. The van der Waals surface area contributed by atoms with Gasteiger partial charge in [0.25, 0.3) is 5.69 Å². The highest BCUT2D eigenvalue weighted by atomic mass is 32.1. The highest BCUT2D eigenvalue weighted by Crippen LogP contribution is 2.27. The fraction of sp³-hybridized carbons (Fsp3) is 0.231. The van der Waals surface area contributed by atoms with Crippen LogP contribution in [0.1, 0.15) is 18.5 Å². The predicted molar refractivity (Wildman–Crippen MR) is 79.0 cm³/mol. The number of benzene rings is 1. The van der Waals surface area contributed by atoms with E-state index in [1.165, 1.54) is 11.6 Å². The largest absolute Gasteiger partial charge is 0.388 e. The molecule has 2 rings (SSSR count). The molecule has 19 heavy (non-hydrogen) atoms. The first kappa shape index (κ1) is 13.4. The van der Waals surface area contributed by atoms with E-state index in [-0.39, 0.29) is 16.7 Å². The van der Waals surface area contributed by atoms with E-state index in [0.29, 0.717) is 5.69 Å². The van der Waals surface area contributed by atoms with Gasteiger partial charge in [-0.2, -0.15) is 11.3 Å². The number of non-ortho nitro benzene ring substituents is 1. The van der Waals surface area contributed by atoms with Crippen LogP contribution in [0.15, 0.2) is 35.0 Å². The smallest absolute Gasteiger partial charge is 0.273 e. The van der Waals surface area contributed by atoms with E-state index in [1.54, 1.807) is 24.5 Å². The van der Waals surface area contributed by atoms with Gasteiger partial charge in [0.2, 0.25) is 0 Å². The van der Waals surface area contributed by atoms with Crippen LogP contribution in [0.3, 0.4) is 0 Å². The lowest BCUT2D eigenvalue weighted by Crippen LogP contribution is -2.06. The minimum absolute atomic E-state index is 0.0758. The molecule has 1 aromatic heterocycles. The third-order valence-corrected chi connectivity index (χ3v) is 3.55. The third-order valence-electron chi connectivity index (χ3n) is 2.84. The number of hydrogen-bond acceptors (Lipinski definition) is 5. The summed E-state index contributed by atoms with van der Waals surface area (Å²) in [4.78, 5) is 10.5. The standard InChI is InChI=1S/C13H15N3O2S/c1-9(10-3-4-19-8-10)15-12-5-11(14-2)6-13(7-12)16(17)18/h3-9,14-15H,1-2H3. The van der Waals surface area contributed by atoms with E-state index < -0.39 is 0 Å². The average Bonchev–Trinajstić information content (AvgIpc) is 2.92. The quantitative estimate of drug-likeness (QED) is 0.643. The van der Waals surface area contributed by atoms with Crippen molar-refractivity contribution in [1.82, 2.24) is 0 Å². The number of nitrogens with one attached hydrogen (secondary N) is 2. The van der Waals surface area contributed by atoms with Crippen molar-refractivity contribution in [2.24, 2.45) is 0 Å². The summed E-state index contributed by atoms with van der Waals surface area (Å²) in [6, 6.07) is 7.07. The molecule has 5 nitrogen and oxygen atoms in total. The normalized spacial score (nSPS) is 11.9. The van der Waals surface area contributed by atoms with Gasteiger partial charge in [0, 0.05) is 36.6 Å². The van der Waals surface area contributed by atoms with Gasteiger partial charge in [0.15, 0.2) is 0 Å². The predicted octanol–water partition coefficient (Wildman–Crippen LogP) is 3.87. The van der Waals surface area contributed by atoms with Crippen molar-refractivity contribution in [2.75, 3.05) is 17.7 Å². The summed E-state index contributed by atoms with van der Waals surface area (Å²) in [6.07, 6.45) is 0. The molecular formula is C13H15N3O2S. The molecule has 0 fully saturated rings. The average molecular weight is 277 g/mol. The van der Waals surface area contributed by atoms with Crippen molar-refractivity contribution >= 4 is 28.4 Å². The molecule has 0 saturated heterocycles. The molecule has 1 heterocycles. The molecule has 0 bridgehead atoms. The Hall–Kier alpha value is -2.08. The summed E-state index contributed by atoms with van der Waals surface area (Å²) in [5.74, 6) is 0. The molecule has 2 aromatic rings. The molecule has 100 valence electrons.